The topological polar surface area (TPSA) is 113 Å². The van der Waals surface area contributed by atoms with Gasteiger partial charge in [-0.05, 0) is 39.5 Å². The van der Waals surface area contributed by atoms with Crippen molar-refractivity contribution < 1.29 is 19.4 Å². The van der Waals surface area contributed by atoms with E-state index in [0.29, 0.717) is 55.9 Å². The molecule has 1 saturated heterocycles. The first-order chi connectivity index (χ1) is 12.3. The van der Waals surface area contributed by atoms with Gasteiger partial charge in [-0.3, -0.25) is 14.4 Å². The van der Waals surface area contributed by atoms with Gasteiger partial charge in [-0.1, -0.05) is 0 Å². The lowest BCUT2D eigenvalue weighted by atomic mass is 9.76. The number of rotatable bonds is 7. The molecule has 2 heterocycles. The Labute approximate surface area is 152 Å². The van der Waals surface area contributed by atoms with Crippen molar-refractivity contribution in [2.75, 3.05) is 26.8 Å². The molecular formula is C18H27N3O5. The van der Waals surface area contributed by atoms with Crippen molar-refractivity contribution in [2.24, 2.45) is 5.41 Å². The minimum atomic E-state index is -0.945. The van der Waals surface area contributed by atoms with Crippen LogP contribution in [0.25, 0.3) is 0 Å². The third-order valence-electron chi connectivity index (χ3n) is 5.06. The molecule has 1 atom stereocenters. The third-order valence-corrected chi connectivity index (χ3v) is 5.06. The van der Waals surface area contributed by atoms with E-state index in [0.717, 1.165) is 0 Å². The van der Waals surface area contributed by atoms with Gasteiger partial charge in [0.05, 0.1) is 11.8 Å². The largest absolute Gasteiger partial charge is 0.481 e. The molecule has 0 aromatic carbocycles. The quantitative estimate of drug-likeness (QED) is 0.699. The van der Waals surface area contributed by atoms with Gasteiger partial charge in [-0.2, -0.15) is 0 Å². The molecule has 0 aliphatic carbocycles. The summed E-state index contributed by atoms with van der Waals surface area (Å²) in [5, 5.41) is 9.75. The normalized spacial score (nSPS) is 20.2. The zero-order valence-corrected chi connectivity index (χ0v) is 15.6. The number of nitrogens with zero attached hydrogens (tertiary/aromatic N) is 2. The second kappa shape index (κ2) is 8.44. The molecule has 0 spiro atoms. The Hall–Kier alpha value is -2.22. The summed E-state index contributed by atoms with van der Waals surface area (Å²) in [4.78, 5) is 45.1. The number of aromatic nitrogens is 2. The van der Waals surface area contributed by atoms with Crippen LogP contribution in [0.4, 0.5) is 0 Å². The highest BCUT2D eigenvalue weighted by atomic mass is 16.5. The molecule has 2 rings (SSSR count). The predicted molar refractivity (Wildman–Crippen MR) is 95.0 cm³/mol. The first kappa shape index (κ1) is 20.1. The zero-order chi connectivity index (χ0) is 19.3. The minimum Gasteiger partial charge on any atom is -0.481 e. The summed E-state index contributed by atoms with van der Waals surface area (Å²) in [7, 11) is 1.58. The molecule has 8 heteroatoms. The van der Waals surface area contributed by atoms with E-state index >= 15 is 0 Å². The second-order valence-corrected chi connectivity index (χ2v) is 6.99. The third kappa shape index (κ3) is 4.49. The molecule has 1 aromatic heterocycles. The molecule has 0 radical (unpaired) electrons. The summed E-state index contributed by atoms with van der Waals surface area (Å²) in [6.07, 6.45) is 2.20. The van der Waals surface area contributed by atoms with Crippen molar-refractivity contribution in [1.29, 1.82) is 0 Å². The lowest BCUT2D eigenvalue weighted by Gasteiger charge is -2.40. The fourth-order valence-corrected chi connectivity index (χ4v) is 3.61. The number of likely N-dealkylation sites (tertiary alicyclic amines) is 1. The van der Waals surface area contributed by atoms with Crippen molar-refractivity contribution in [3.8, 4) is 0 Å². The molecular weight excluding hydrogens is 338 g/mol. The molecule has 1 aliphatic rings. The number of hydrogen-bond donors (Lipinski definition) is 2. The number of piperidine rings is 1. The SMILES string of the molecule is COCCCC1(C(=O)O)CCCN(C(=O)Cc2c(C)nc(C)[nH]c2=O)C1. The Morgan fingerprint density at radius 2 is 2.12 bits per heavy atom. The van der Waals surface area contributed by atoms with Crippen LogP contribution < -0.4 is 5.56 Å². The van der Waals surface area contributed by atoms with Gasteiger partial charge in [0.15, 0.2) is 0 Å². The average molecular weight is 365 g/mol. The van der Waals surface area contributed by atoms with Gasteiger partial charge in [0.2, 0.25) is 5.91 Å². The van der Waals surface area contributed by atoms with Crippen molar-refractivity contribution in [3.05, 3.63) is 27.4 Å². The van der Waals surface area contributed by atoms with Crippen LogP contribution in [-0.4, -0.2) is 58.7 Å². The highest BCUT2D eigenvalue weighted by molar-refractivity contribution is 5.81. The fourth-order valence-electron chi connectivity index (χ4n) is 3.61. The van der Waals surface area contributed by atoms with E-state index in [4.69, 9.17) is 4.74 Å². The number of carboxylic acids is 1. The summed E-state index contributed by atoms with van der Waals surface area (Å²) in [6.45, 7) is 4.56. The number of ether oxygens (including phenoxy) is 1. The predicted octanol–water partition coefficient (Wildman–Crippen LogP) is 1.05. The van der Waals surface area contributed by atoms with Crippen molar-refractivity contribution in [1.82, 2.24) is 14.9 Å². The number of aromatic amines is 1. The first-order valence-electron chi connectivity index (χ1n) is 8.85. The molecule has 1 aliphatic heterocycles. The van der Waals surface area contributed by atoms with Gasteiger partial charge >= 0.3 is 5.97 Å². The number of amides is 1. The molecule has 0 saturated carbocycles. The number of aryl methyl sites for hydroxylation is 2. The van der Waals surface area contributed by atoms with Crippen molar-refractivity contribution in [3.63, 3.8) is 0 Å². The van der Waals surface area contributed by atoms with Crippen LogP contribution in [0.1, 0.15) is 42.8 Å². The van der Waals surface area contributed by atoms with Crippen LogP contribution in [0.5, 0.6) is 0 Å². The van der Waals surface area contributed by atoms with Gasteiger partial charge in [0.25, 0.3) is 5.56 Å². The standard InChI is InChI=1S/C18H27N3O5/c1-12-14(16(23)20-13(2)19-12)10-15(22)21-8-4-6-18(11-21,17(24)25)7-5-9-26-3/h4-11H2,1-3H3,(H,24,25)(H,19,20,23). The molecule has 144 valence electrons. The summed E-state index contributed by atoms with van der Waals surface area (Å²) < 4.78 is 5.03. The van der Waals surface area contributed by atoms with Crippen LogP contribution in [0, 0.1) is 19.3 Å². The van der Waals surface area contributed by atoms with Gasteiger partial charge in [-0.25, -0.2) is 4.98 Å². The van der Waals surface area contributed by atoms with Gasteiger partial charge < -0.3 is 19.7 Å². The molecule has 2 N–H and O–H groups in total. The smallest absolute Gasteiger partial charge is 0.311 e. The van der Waals surface area contributed by atoms with E-state index in [9.17, 15) is 19.5 Å². The Bertz CT molecular complexity index is 730. The van der Waals surface area contributed by atoms with E-state index in [-0.39, 0.29) is 24.4 Å². The van der Waals surface area contributed by atoms with E-state index in [2.05, 4.69) is 9.97 Å². The molecule has 26 heavy (non-hydrogen) atoms. The zero-order valence-electron chi connectivity index (χ0n) is 15.6. The Morgan fingerprint density at radius 3 is 2.73 bits per heavy atom. The van der Waals surface area contributed by atoms with Gasteiger partial charge in [-0.15, -0.1) is 0 Å². The number of hydrogen-bond acceptors (Lipinski definition) is 5. The molecule has 1 aromatic rings. The number of H-pyrrole nitrogens is 1. The Kier molecular flexibility index (Phi) is 6.52. The van der Waals surface area contributed by atoms with E-state index < -0.39 is 11.4 Å². The highest BCUT2D eigenvalue weighted by Gasteiger charge is 2.43. The van der Waals surface area contributed by atoms with E-state index in [1.165, 1.54) is 0 Å². The number of methoxy groups -OCH3 is 1. The molecule has 0 bridgehead atoms. The maximum absolute atomic E-state index is 12.7. The summed E-state index contributed by atoms with van der Waals surface area (Å²) in [5.74, 6) is -0.608. The maximum atomic E-state index is 12.7. The highest BCUT2D eigenvalue weighted by Crippen LogP contribution is 2.35. The molecule has 1 amide bonds. The summed E-state index contributed by atoms with van der Waals surface area (Å²) >= 11 is 0. The van der Waals surface area contributed by atoms with Gasteiger partial charge in [0, 0.05) is 38.1 Å². The van der Waals surface area contributed by atoms with Crippen molar-refractivity contribution in [2.45, 2.75) is 46.0 Å². The van der Waals surface area contributed by atoms with E-state index in [1.54, 1.807) is 25.9 Å². The number of carboxylic acid groups (broad SMARTS) is 1. The number of aliphatic carboxylic acids is 1. The van der Waals surface area contributed by atoms with Crippen LogP contribution in [-0.2, 0) is 20.7 Å². The molecule has 1 fully saturated rings. The van der Waals surface area contributed by atoms with Crippen LogP contribution in [0.15, 0.2) is 4.79 Å². The first-order valence-corrected chi connectivity index (χ1v) is 8.85. The summed E-state index contributed by atoms with van der Waals surface area (Å²) in [5.41, 5.74) is -0.392. The fraction of sp³-hybridized carbons (Fsp3) is 0.667. The summed E-state index contributed by atoms with van der Waals surface area (Å²) in [6, 6.07) is 0. The van der Waals surface area contributed by atoms with Crippen molar-refractivity contribution >= 4 is 11.9 Å². The number of carbonyl (C=O) groups is 2. The van der Waals surface area contributed by atoms with Crippen LogP contribution in [0.2, 0.25) is 0 Å². The molecule has 1 unspecified atom stereocenters. The van der Waals surface area contributed by atoms with E-state index in [1.807, 2.05) is 0 Å². The monoisotopic (exact) mass is 365 g/mol. The van der Waals surface area contributed by atoms with Crippen LogP contribution in [0.3, 0.4) is 0 Å². The second-order valence-electron chi connectivity index (χ2n) is 6.99. The van der Waals surface area contributed by atoms with Crippen LogP contribution >= 0.6 is 0 Å². The van der Waals surface area contributed by atoms with Gasteiger partial charge in [0.1, 0.15) is 5.82 Å². The Morgan fingerprint density at radius 1 is 1.38 bits per heavy atom. The lowest BCUT2D eigenvalue weighted by molar-refractivity contribution is -0.155. The number of nitrogens with one attached hydrogen (secondary N) is 1. The number of carbonyl (C=O) groups excluding carboxylic acids is 1. The lowest BCUT2D eigenvalue weighted by Crippen LogP contribution is -2.50. The maximum Gasteiger partial charge on any atom is 0.311 e. The minimum absolute atomic E-state index is 0.0672. The molecule has 8 nitrogen and oxygen atoms in total. The Balaban J connectivity index is 2.14. The average Bonchev–Trinajstić information content (AvgIpc) is 2.58.